The Balaban J connectivity index is 1.69. The molecule has 1 atom stereocenters. The van der Waals surface area contributed by atoms with E-state index in [9.17, 15) is 14.0 Å². The van der Waals surface area contributed by atoms with Crippen molar-refractivity contribution in [1.29, 1.82) is 0 Å². The third kappa shape index (κ3) is 3.87. The van der Waals surface area contributed by atoms with E-state index in [1.165, 1.54) is 12.1 Å². The summed E-state index contributed by atoms with van der Waals surface area (Å²) in [6, 6.07) is 15.6. The number of carbonyl (C=O) groups is 2. The molecule has 0 bridgehead atoms. The van der Waals surface area contributed by atoms with Gasteiger partial charge in [-0.25, -0.2) is 4.39 Å². The van der Waals surface area contributed by atoms with Crippen LogP contribution < -0.4 is 4.90 Å². The molecular formula is C20H21FN2O2. The molecule has 2 amide bonds. The van der Waals surface area contributed by atoms with Crippen LogP contribution >= 0.6 is 0 Å². The van der Waals surface area contributed by atoms with Crippen LogP contribution in [0.25, 0.3) is 0 Å². The molecule has 1 heterocycles. The molecule has 2 aromatic rings. The van der Waals surface area contributed by atoms with E-state index >= 15 is 0 Å². The van der Waals surface area contributed by atoms with Gasteiger partial charge in [-0.1, -0.05) is 30.3 Å². The second-order valence-electron chi connectivity index (χ2n) is 6.22. The van der Waals surface area contributed by atoms with E-state index in [-0.39, 0.29) is 30.0 Å². The third-order valence-corrected chi connectivity index (χ3v) is 4.52. The third-order valence-electron chi connectivity index (χ3n) is 4.52. The molecule has 1 unspecified atom stereocenters. The first-order valence-corrected chi connectivity index (χ1v) is 8.47. The Morgan fingerprint density at radius 2 is 1.84 bits per heavy atom. The van der Waals surface area contributed by atoms with E-state index in [1.54, 1.807) is 21.9 Å². The highest BCUT2D eigenvalue weighted by molar-refractivity contribution is 6.00. The minimum atomic E-state index is -0.360. The number of halogens is 1. The molecule has 0 saturated carbocycles. The molecule has 3 rings (SSSR count). The number of anilines is 1. The van der Waals surface area contributed by atoms with Gasteiger partial charge in [0.05, 0.1) is 5.92 Å². The summed E-state index contributed by atoms with van der Waals surface area (Å²) in [5.74, 6) is -0.811. The zero-order valence-electron chi connectivity index (χ0n) is 14.2. The number of benzene rings is 2. The van der Waals surface area contributed by atoms with Crippen molar-refractivity contribution in [1.82, 2.24) is 4.90 Å². The zero-order valence-corrected chi connectivity index (χ0v) is 14.2. The lowest BCUT2D eigenvalue weighted by Crippen LogP contribution is -2.37. The van der Waals surface area contributed by atoms with Gasteiger partial charge in [0, 0.05) is 31.7 Å². The Kier molecular flexibility index (Phi) is 5.12. The summed E-state index contributed by atoms with van der Waals surface area (Å²) in [4.78, 5) is 28.5. The van der Waals surface area contributed by atoms with Gasteiger partial charge in [0.1, 0.15) is 5.82 Å². The number of carbonyl (C=O) groups excluding carboxylic acids is 2. The molecule has 1 aliphatic rings. The van der Waals surface area contributed by atoms with Gasteiger partial charge in [-0.05, 0) is 36.8 Å². The number of hydrogen-bond acceptors (Lipinski definition) is 2. The van der Waals surface area contributed by atoms with Crippen LogP contribution in [0.1, 0.15) is 18.9 Å². The summed E-state index contributed by atoms with van der Waals surface area (Å²) in [5, 5.41) is 0. The fraction of sp³-hybridized carbons (Fsp3) is 0.300. The number of hydrogen-bond donors (Lipinski definition) is 0. The van der Waals surface area contributed by atoms with E-state index in [0.29, 0.717) is 25.3 Å². The number of amides is 2. The molecule has 0 spiro atoms. The van der Waals surface area contributed by atoms with Gasteiger partial charge < -0.3 is 9.80 Å². The summed E-state index contributed by atoms with van der Waals surface area (Å²) in [6.07, 6.45) is 0.196. The Hall–Kier alpha value is -2.69. The van der Waals surface area contributed by atoms with Crippen molar-refractivity contribution in [2.45, 2.75) is 19.9 Å². The van der Waals surface area contributed by atoms with Crippen molar-refractivity contribution in [2.24, 2.45) is 5.92 Å². The molecule has 0 aliphatic carbocycles. The maximum Gasteiger partial charge on any atom is 0.228 e. The first-order valence-electron chi connectivity index (χ1n) is 8.47. The van der Waals surface area contributed by atoms with Crippen molar-refractivity contribution >= 4 is 17.5 Å². The SMILES string of the molecule is CCN(Cc1ccccc1)C(=O)C1CC(=O)N(c2ccc(F)cc2)C1. The molecule has 4 nitrogen and oxygen atoms in total. The first kappa shape index (κ1) is 17.1. The molecule has 25 heavy (non-hydrogen) atoms. The van der Waals surface area contributed by atoms with Gasteiger partial charge in [-0.2, -0.15) is 0 Å². The summed E-state index contributed by atoms with van der Waals surface area (Å²) < 4.78 is 13.1. The molecule has 2 aromatic carbocycles. The normalized spacial score (nSPS) is 17.0. The van der Waals surface area contributed by atoms with Gasteiger partial charge in [-0.3, -0.25) is 9.59 Å². The van der Waals surface area contributed by atoms with Gasteiger partial charge in [-0.15, -0.1) is 0 Å². The summed E-state index contributed by atoms with van der Waals surface area (Å²) in [6.45, 7) is 3.41. The molecule has 5 heteroatoms. The van der Waals surface area contributed by atoms with Crippen LogP contribution in [0.3, 0.4) is 0 Å². The lowest BCUT2D eigenvalue weighted by molar-refractivity contribution is -0.136. The first-order chi connectivity index (χ1) is 12.1. The van der Waals surface area contributed by atoms with Gasteiger partial charge in [0.15, 0.2) is 0 Å². The van der Waals surface area contributed by atoms with Crippen LogP contribution in [0.2, 0.25) is 0 Å². The lowest BCUT2D eigenvalue weighted by Gasteiger charge is -2.24. The van der Waals surface area contributed by atoms with E-state index in [2.05, 4.69) is 0 Å². The van der Waals surface area contributed by atoms with Crippen molar-refractivity contribution in [3.63, 3.8) is 0 Å². The van der Waals surface area contributed by atoms with E-state index < -0.39 is 0 Å². The van der Waals surface area contributed by atoms with Crippen molar-refractivity contribution in [2.75, 3.05) is 18.0 Å². The quantitative estimate of drug-likeness (QED) is 0.838. The highest BCUT2D eigenvalue weighted by Gasteiger charge is 2.36. The van der Waals surface area contributed by atoms with Crippen LogP contribution in [0.15, 0.2) is 54.6 Å². The van der Waals surface area contributed by atoms with Gasteiger partial charge >= 0.3 is 0 Å². The van der Waals surface area contributed by atoms with Crippen molar-refractivity contribution < 1.29 is 14.0 Å². The van der Waals surface area contributed by atoms with Gasteiger partial charge in [0.25, 0.3) is 0 Å². The Labute approximate surface area is 146 Å². The molecule has 1 aliphatic heterocycles. The summed E-state index contributed by atoms with van der Waals surface area (Å²) in [5.41, 5.74) is 1.70. The van der Waals surface area contributed by atoms with Gasteiger partial charge in [0.2, 0.25) is 11.8 Å². The molecular weight excluding hydrogens is 319 g/mol. The lowest BCUT2D eigenvalue weighted by atomic mass is 10.1. The maximum absolute atomic E-state index is 13.1. The molecule has 130 valence electrons. The van der Waals surface area contributed by atoms with Crippen LogP contribution in [0, 0.1) is 11.7 Å². The minimum absolute atomic E-state index is 0.00989. The van der Waals surface area contributed by atoms with Crippen LogP contribution in [0.4, 0.5) is 10.1 Å². The molecule has 0 radical (unpaired) electrons. The minimum Gasteiger partial charge on any atom is -0.338 e. The highest BCUT2D eigenvalue weighted by Crippen LogP contribution is 2.27. The maximum atomic E-state index is 13.1. The average Bonchev–Trinajstić information content (AvgIpc) is 3.02. The predicted octanol–water partition coefficient (Wildman–Crippen LogP) is 3.23. The van der Waals surface area contributed by atoms with Crippen LogP contribution in [0.5, 0.6) is 0 Å². The summed E-state index contributed by atoms with van der Waals surface area (Å²) >= 11 is 0. The standard InChI is InChI=1S/C20H21FN2O2/c1-2-22(13-15-6-4-3-5-7-15)20(25)16-12-19(24)23(14-16)18-10-8-17(21)9-11-18/h3-11,16H,2,12-14H2,1H3. The second kappa shape index (κ2) is 7.47. The number of rotatable bonds is 5. The highest BCUT2D eigenvalue weighted by atomic mass is 19.1. The van der Waals surface area contributed by atoms with Crippen molar-refractivity contribution in [3.8, 4) is 0 Å². The topological polar surface area (TPSA) is 40.6 Å². The predicted molar refractivity (Wildman–Crippen MR) is 94.4 cm³/mol. The Morgan fingerprint density at radius 1 is 1.16 bits per heavy atom. The fourth-order valence-electron chi connectivity index (χ4n) is 3.15. The Bertz CT molecular complexity index is 746. The second-order valence-corrected chi connectivity index (χ2v) is 6.22. The van der Waals surface area contributed by atoms with Crippen LogP contribution in [-0.4, -0.2) is 29.8 Å². The molecule has 0 N–H and O–H groups in total. The number of nitrogens with zero attached hydrogens (tertiary/aromatic N) is 2. The smallest absolute Gasteiger partial charge is 0.228 e. The van der Waals surface area contributed by atoms with Crippen LogP contribution in [-0.2, 0) is 16.1 Å². The Morgan fingerprint density at radius 3 is 2.48 bits per heavy atom. The molecule has 1 fully saturated rings. The summed E-state index contributed by atoms with van der Waals surface area (Å²) in [7, 11) is 0. The largest absolute Gasteiger partial charge is 0.338 e. The van der Waals surface area contributed by atoms with E-state index in [0.717, 1.165) is 5.56 Å². The molecule has 0 aromatic heterocycles. The van der Waals surface area contributed by atoms with Crippen molar-refractivity contribution in [3.05, 3.63) is 66.0 Å². The molecule has 1 saturated heterocycles. The fourth-order valence-corrected chi connectivity index (χ4v) is 3.15. The zero-order chi connectivity index (χ0) is 17.8. The van der Waals surface area contributed by atoms with E-state index in [4.69, 9.17) is 0 Å². The van der Waals surface area contributed by atoms with E-state index in [1.807, 2.05) is 37.3 Å². The average molecular weight is 340 g/mol. The monoisotopic (exact) mass is 340 g/mol.